The number of para-hydroxylation sites is 3. The highest BCUT2D eigenvalue weighted by Gasteiger charge is 2.34. The van der Waals surface area contributed by atoms with Crippen molar-refractivity contribution in [2.24, 2.45) is 0 Å². The van der Waals surface area contributed by atoms with Crippen LogP contribution in [-0.2, 0) is 4.79 Å². The van der Waals surface area contributed by atoms with Crippen molar-refractivity contribution in [2.45, 2.75) is 13.0 Å². The van der Waals surface area contributed by atoms with Gasteiger partial charge in [-0.15, -0.1) is 0 Å². The number of fused-ring (bicyclic) bond motifs is 3. The summed E-state index contributed by atoms with van der Waals surface area (Å²) >= 11 is 6.32. The summed E-state index contributed by atoms with van der Waals surface area (Å²) in [5, 5.41) is 6.75. The van der Waals surface area contributed by atoms with Gasteiger partial charge >= 0.3 is 0 Å². The molecule has 5 rings (SSSR count). The molecule has 7 nitrogen and oxygen atoms in total. The average Bonchev–Trinajstić information content (AvgIpc) is 3.21. The summed E-state index contributed by atoms with van der Waals surface area (Å²) in [6.45, 7) is 1.87. The SMILES string of the molecule is COc1ccc(C2C(C(=O)Nc3ccccc3Cl)=C(C)Nc3nc4ccccc4n32)cc1OC. The predicted molar refractivity (Wildman–Crippen MR) is 134 cm³/mol. The van der Waals surface area contributed by atoms with Crippen LogP contribution in [0.15, 0.2) is 78.0 Å². The van der Waals surface area contributed by atoms with Crippen LogP contribution in [0.25, 0.3) is 11.0 Å². The van der Waals surface area contributed by atoms with Crippen LogP contribution >= 0.6 is 11.6 Å². The van der Waals surface area contributed by atoms with Crippen molar-refractivity contribution in [2.75, 3.05) is 24.9 Å². The second-order valence-corrected chi connectivity index (χ2v) is 8.32. The van der Waals surface area contributed by atoms with E-state index >= 15 is 0 Å². The first-order valence-corrected chi connectivity index (χ1v) is 11.1. The highest BCUT2D eigenvalue weighted by atomic mass is 35.5. The van der Waals surface area contributed by atoms with Crippen molar-refractivity contribution in [3.05, 3.63) is 88.6 Å². The van der Waals surface area contributed by atoms with Gasteiger partial charge in [0.2, 0.25) is 5.95 Å². The molecule has 0 radical (unpaired) electrons. The normalized spacial score (nSPS) is 15.0. The van der Waals surface area contributed by atoms with Gasteiger partial charge in [0.25, 0.3) is 5.91 Å². The Balaban J connectivity index is 1.69. The van der Waals surface area contributed by atoms with Gasteiger partial charge in [0, 0.05) is 5.70 Å². The molecule has 0 saturated carbocycles. The number of nitrogens with zero attached hydrogens (tertiary/aromatic N) is 2. The Kier molecular flexibility index (Phi) is 5.63. The molecule has 0 spiro atoms. The molecular weight excluding hydrogens is 452 g/mol. The van der Waals surface area contributed by atoms with E-state index in [1.54, 1.807) is 26.4 Å². The van der Waals surface area contributed by atoms with Gasteiger partial charge in [-0.1, -0.05) is 41.9 Å². The summed E-state index contributed by atoms with van der Waals surface area (Å²) < 4.78 is 13.0. The molecule has 0 saturated heterocycles. The lowest BCUT2D eigenvalue weighted by Crippen LogP contribution is -2.31. The summed E-state index contributed by atoms with van der Waals surface area (Å²) in [4.78, 5) is 18.5. The van der Waals surface area contributed by atoms with Gasteiger partial charge in [-0.3, -0.25) is 9.36 Å². The van der Waals surface area contributed by atoms with E-state index in [0.717, 1.165) is 16.6 Å². The Labute approximate surface area is 202 Å². The maximum absolute atomic E-state index is 13.7. The number of carbonyl (C=O) groups excluding carboxylic acids is 1. The Hall–Kier alpha value is -3.97. The topological polar surface area (TPSA) is 77.4 Å². The number of hydrogen-bond donors (Lipinski definition) is 2. The Morgan fingerprint density at radius 2 is 1.76 bits per heavy atom. The number of aromatic nitrogens is 2. The molecule has 0 fully saturated rings. The zero-order valence-corrected chi connectivity index (χ0v) is 19.7. The molecule has 0 aliphatic carbocycles. The van der Waals surface area contributed by atoms with Crippen LogP contribution in [0, 0.1) is 0 Å². The fourth-order valence-electron chi connectivity index (χ4n) is 4.35. The van der Waals surface area contributed by atoms with Crippen molar-refractivity contribution in [3.8, 4) is 11.5 Å². The molecule has 1 aliphatic rings. The number of anilines is 2. The Morgan fingerprint density at radius 3 is 2.53 bits per heavy atom. The van der Waals surface area contributed by atoms with Gasteiger partial charge in [0.15, 0.2) is 11.5 Å². The van der Waals surface area contributed by atoms with Crippen LogP contribution < -0.4 is 20.1 Å². The number of halogens is 1. The molecule has 1 amide bonds. The number of methoxy groups -OCH3 is 2. The molecule has 1 aliphatic heterocycles. The predicted octanol–water partition coefficient (Wildman–Crippen LogP) is 5.63. The minimum Gasteiger partial charge on any atom is -0.493 e. The fraction of sp³-hybridized carbons (Fsp3) is 0.154. The van der Waals surface area contributed by atoms with Crippen LogP contribution in [0.1, 0.15) is 18.5 Å². The number of hydrogen-bond acceptors (Lipinski definition) is 5. The highest BCUT2D eigenvalue weighted by molar-refractivity contribution is 6.33. The van der Waals surface area contributed by atoms with Crippen molar-refractivity contribution < 1.29 is 14.3 Å². The minimum absolute atomic E-state index is 0.263. The third kappa shape index (κ3) is 3.64. The van der Waals surface area contributed by atoms with Crippen LogP contribution in [0.4, 0.5) is 11.6 Å². The first-order valence-electron chi connectivity index (χ1n) is 10.7. The molecule has 3 aromatic carbocycles. The molecule has 2 heterocycles. The first-order chi connectivity index (χ1) is 16.5. The quantitative estimate of drug-likeness (QED) is 0.391. The number of amides is 1. The minimum atomic E-state index is -0.467. The van der Waals surface area contributed by atoms with E-state index in [1.807, 2.05) is 66.1 Å². The van der Waals surface area contributed by atoms with E-state index in [2.05, 4.69) is 10.6 Å². The van der Waals surface area contributed by atoms with E-state index in [0.29, 0.717) is 39.4 Å². The van der Waals surface area contributed by atoms with Gasteiger partial charge in [0.05, 0.1) is 47.6 Å². The molecule has 172 valence electrons. The van der Waals surface area contributed by atoms with Gasteiger partial charge in [-0.25, -0.2) is 4.98 Å². The zero-order valence-electron chi connectivity index (χ0n) is 18.9. The lowest BCUT2D eigenvalue weighted by atomic mass is 9.94. The van der Waals surface area contributed by atoms with Gasteiger partial charge in [-0.05, 0) is 48.9 Å². The molecule has 1 aromatic heterocycles. The lowest BCUT2D eigenvalue weighted by molar-refractivity contribution is -0.113. The number of benzene rings is 3. The number of nitrogens with one attached hydrogen (secondary N) is 2. The summed E-state index contributed by atoms with van der Waals surface area (Å²) in [7, 11) is 3.18. The fourth-order valence-corrected chi connectivity index (χ4v) is 4.53. The number of ether oxygens (including phenoxy) is 2. The van der Waals surface area contributed by atoms with Crippen molar-refractivity contribution in [3.63, 3.8) is 0 Å². The van der Waals surface area contributed by atoms with Gasteiger partial charge in [-0.2, -0.15) is 0 Å². The van der Waals surface area contributed by atoms with Crippen LogP contribution in [0.5, 0.6) is 11.5 Å². The van der Waals surface area contributed by atoms with Crippen molar-refractivity contribution in [1.82, 2.24) is 9.55 Å². The molecule has 4 aromatic rings. The second kappa shape index (κ2) is 8.76. The van der Waals surface area contributed by atoms with Gasteiger partial charge in [0.1, 0.15) is 0 Å². The lowest BCUT2D eigenvalue weighted by Gasteiger charge is -2.31. The Bertz CT molecular complexity index is 1440. The van der Waals surface area contributed by atoms with Crippen LogP contribution in [0.2, 0.25) is 5.02 Å². The Morgan fingerprint density at radius 1 is 1.03 bits per heavy atom. The molecular formula is C26H23ClN4O3. The number of carbonyl (C=O) groups is 1. The van der Waals surface area contributed by atoms with Crippen LogP contribution in [-0.4, -0.2) is 29.7 Å². The molecule has 1 unspecified atom stereocenters. The first kappa shape index (κ1) is 21.9. The zero-order chi connectivity index (χ0) is 23.8. The third-order valence-corrected chi connectivity index (χ3v) is 6.25. The van der Waals surface area contributed by atoms with E-state index in [4.69, 9.17) is 26.1 Å². The monoisotopic (exact) mass is 474 g/mol. The summed E-state index contributed by atoms with van der Waals surface area (Å²) in [6.07, 6.45) is 0. The number of allylic oxidation sites excluding steroid dienone is 1. The largest absolute Gasteiger partial charge is 0.493 e. The standard InChI is InChI=1S/C26H23ClN4O3/c1-15-23(25(32)29-18-9-5-4-8-17(18)27)24(16-12-13-21(33-2)22(14-16)34-3)31-20-11-7-6-10-19(20)30-26(31)28-15/h4-14,24H,1-3H3,(H,28,30)(H,29,32). The summed E-state index contributed by atoms with van der Waals surface area (Å²) in [6, 6.07) is 20.2. The summed E-state index contributed by atoms with van der Waals surface area (Å²) in [5.74, 6) is 1.58. The van der Waals surface area contributed by atoms with E-state index < -0.39 is 6.04 Å². The van der Waals surface area contributed by atoms with Crippen LogP contribution in [0.3, 0.4) is 0 Å². The van der Waals surface area contributed by atoms with E-state index in [1.165, 1.54) is 0 Å². The molecule has 2 N–H and O–H groups in total. The van der Waals surface area contributed by atoms with Crippen molar-refractivity contribution >= 4 is 40.2 Å². The molecule has 0 bridgehead atoms. The molecule has 34 heavy (non-hydrogen) atoms. The van der Waals surface area contributed by atoms with E-state index in [-0.39, 0.29) is 5.91 Å². The van der Waals surface area contributed by atoms with Crippen molar-refractivity contribution in [1.29, 1.82) is 0 Å². The highest BCUT2D eigenvalue weighted by Crippen LogP contribution is 2.42. The maximum Gasteiger partial charge on any atom is 0.255 e. The third-order valence-electron chi connectivity index (χ3n) is 5.92. The number of rotatable bonds is 5. The van der Waals surface area contributed by atoms with Gasteiger partial charge < -0.3 is 20.1 Å². The van der Waals surface area contributed by atoms with E-state index in [9.17, 15) is 4.79 Å². The maximum atomic E-state index is 13.7. The summed E-state index contributed by atoms with van der Waals surface area (Å²) in [5.41, 5.74) is 4.38. The second-order valence-electron chi connectivity index (χ2n) is 7.91. The smallest absolute Gasteiger partial charge is 0.255 e. The number of imidazole rings is 1. The average molecular weight is 475 g/mol. The molecule has 1 atom stereocenters. The molecule has 8 heteroatoms.